The number of benzene rings is 1. The van der Waals surface area contributed by atoms with Gasteiger partial charge in [0.25, 0.3) is 0 Å². The standard InChI is InChI=1S/C12H15Br2N3O/c13-8-1-2-11(10(14)5-8)16-12(18)7-17-4-3-9(15)6-17/h1-2,5,9H,3-4,6-7,15H2,(H,16,18)/t9-/m0/s1. The molecule has 2 rings (SSSR count). The molecular formula is C12H15Br2N3O. The van der Waals surface area contributed by atoms with Gasteiger partial charge < -0.3 is 11.1 Å². The molecule has 0 saturated carbocycles. The molecule has 0 unspecified atom stereocenters. The summed E-state index contributed by atoms with van der Waals surface area (Å²) in [6.07, 6.45) is 0.968. The third-order valence-corrected chi connectivity index (χ3v) is 4.03. The molecule has 1 aromatic carbocycles. The molecule has 3 N–H and O–H groups in total. The predicted octanol–water partition coefficient (Wildman–Crippen LogP) is 2.18. The monoisotopic (exact) mass is 375 g/mol. The second-order valence-corrected chi connectivity index (χ2v) is 6.23. The lowest BCUT2D eigenvalue weighted by atomic mass is 10.3. The molecule has 1 saturated heterocycles. The molecule has 1 atom stereocenters. The van der Waals surface area contributed by atoms with Gasteiger partial charge in [-0.05, 0) is 40.5 Å². The number of nitrogens with two attached hydrogens (primary N) is 1. The Hall–Kier alpha value is -0.430. The molecule has 18 heavy (non-hydrogen) atoms. The highest BCUT2D eigenvalue weighted by atomic mass is 79.9. The SMILES string of the molecule is N[C@H]1CCN(CC(=O)Nc2ccc(Br)cc2Br)C1. The number of carbonyl (C=O) groups is 1. The Balaban J connectivity index is 1.91. The Bertz CT molecular complexity index is 453. The van der Waals surface area contributed by atoms with Gasteiger partial charge in [0.1, 0.15) is 0 Å². The third-order valence-electron chi connectivity index (χ3n) is 2.88. The van der Waals surface area contributed by atoms with Crippen molar-refractivity contribution in [2.45, 2.75) is 12.5 Å². The minimum Gasteiger partial charge on any atom is -0.326 e. The fourth-order valence-electron chi connectivity index (χ4n) is 1.99. The Morgan fingerprint density at radius 2 is 2.28 bits per heavy atom. The van der Waals surface area contributed by atoms with Crippen LogP contribution in [0.25, 0.3) is 0 Å². The van der Waals surface area contributed by atoms with Crippen molar-refractivity contribution in [2.24, 2.45) is 5.73 Å². The molecule has 0 aromatic heterocycles. The molecule has 1 fully saturated rings. The zero-order chi connectivity index (χ0) is 13.1. The van der Waals surface area contributed by atoms with Gasteiger partial charge in [-0.25, -0.2) is 0 Å². The molecule has 0 bridgehead atoms. The minimum atomic E-state index is -0.00729. The fraction of sp³-hybridized carbons (Fsp3) is 0.417. The number of anilines is 1. The van der Waals surface area contributed by atoms with Crippen LogP contribution < -0.4 is 11.1 Å². The van der Waals surface area contributed by atoms with Gasteiger partial charge in [0.15, 0.2) is 0 Å². The zero-order valence-electron chi connectivity index (χ0n) is 9.83. The normalized spacial score (nSPS) is 20.1. The molecule has 4 nitrogen and oxygen atoms in total. The lowest BCUT2D eigenvalue weighted by molar-refractivity contribution is -0.117. The molecule has 1 aliphatic heterocycles. The van der Waals surface area contributed by atoms with Crippen LogP contribution in [0.5, 0.6) is 0 Å². The van der Waals surface area contributed by atoms with E-state index in [9.17, 15) is 4.79 Å². The van der Waals surface area contributed by atoms with E-state index in [1.54, 1.807) is 0 Å². The summed E-state index contributed by atoms with van der Waals surface area (Å²) in [7, 11) is 0. The molecule has 1 amide bonds. The highest BCUT2D eigenvalue weighted by Crippen LogP contribution is 2.26. The molecule has 6 heteroatoms. The molecule has 0 spiro atoms. The van der Waals surface area contributed by atoms with Crippen molar-refractivity contribution in [1.29, 1.82) is 0 Å². The van der Waals surface area contributed by atoms with E-state index in [4.69, 9.17) is 5.73 Å². The van der Waals surface area contributed by atoms with E-state index < -0.39 is 0 Å². The summed E-state index contributed by atoms with van der Waals surface area (Å²) in [6, 6.07) is 5.87. The Labute approximate surface area is 123 Å². The van der Waals surface area contributed by atoms with E-state index in [-0.39, 0.29) is 11.9 Å². The maximum absolute atomic E-state index is 11.9. The summed E-state index contributed by atoms with van der Waals surface area (Å²) < 4.78 is 1.83. The van der Waals surface area contributed by atoms with Gasteiger partial charge in [0.2, 0.25) is 5.91 Å². The summed E-state index contributed by atoms with van der Waals surface area (Å²) in [5.74, 6) is -0.00729. The van der Waals surface area contributed by atoms with Crippen LogP contribution in [0.15, 0.2) is 27.1 Å². The van der Waals surface area contributed by atoms with Crippen molar-refractivity contribution >= 4 is 43.5 Å². The largest absolute Gasteiger partial charge is 0.326 e. The van der Waals surface area contributed by atoms with E-state index >= 15 is 0 Å². The first-order chi connectivity index (χ1) is 8.54. The lowest BCUT2D eigenvalue weighted by Gasteiger charge is -2.15. The van der Waals surface area contributed by atoms with Crippen LogP contribution in [0.3, 0.4) is 0 Å². The molecule has 1 aromatic rings. The smallest absolute Gasteiger partial charge is 0.238 e. The molecule has 1 heterocycles. The lowest BCUT2D eigenvalue weighted by Crippen LogP contribution is -2.33. The van der Waals surface area contributed by atoms with E-state index in [0.717, 1.165) is 34.1 Å². The van der Waals surface area contributed by atoms with Crippen molar-refractivity contribution in [3.63, 3.8) is 0 Å². The van der Waals surface area contributed by atoms with Crippen molar-refractivity contribution in [1.82, 2.24) is 4.90 Å². The summed E-state index contributed by atoms with van der Waals surface area (Å²) in [6.45, 7) is 2.10. The van der Waals surface area contributed by atoms with Crippen LogP contribution in [0, 0.1) is 0 Å². The fourth-order valence-corrected chi connectivity index (χ4v) is 3.14. The first-order valence-electron chi connectivity index (χ1n) is 5.77. The summed E-state index contributed by atoms with van der Waals surface area (Å²) >= 11 is 6.79. The second-order valence-electron chi connectivity index (χ2n) is 4.46. The number of nitrogens with zero attached hydrogens (tertiary/aromatic N) is 1. The number of amides is 1. The maximum atomic E-state index is 11.9. The number of carbonyl (C=O) groups excluding carboxylic acids is 1. The number of rotatable bonds is 3. The van der Waals surface area contributed by atoms with E-state index in [1.165, 1.54) is 0 Å². The predicted molar refractivity (Wildman–Crippen MR) is 79.5 cm³/mol. The van der Waals surface area contributed by atoms with Gasteiger partial charge in [0.05, 0.1) is 12.2 Å². The molecule has 98 valence electrons. The van der Waals surface area contributed by atoms with Crippen LogP contribution in [-0.4, -0.2) is 36.5 Å². The third kappa shape index (κ3) is 3.78. The highest BCUT2D eigenvalue weighted by Gasteiger charge is 2.21. The van der Waals surface area contributed by atoms with Gasteiger partial charge in [-0.1, -0.05) is 15.9 Å². The van der Waals surface area contributed by atoms with Crippen LogP contribution >= 0.6 is 31.9 Å². The van der Waals surface area contributed by atoms with Crippen LogP contribution in [0.2, 0.25) is 0 Å². The van der Waals surface area contributed by atoms with Crippen molar-refractivity contribution in [3.05, 3.63) is 27.1 Å². The van der Waals surface area contributed by atoms with Gasteiger partial charge in [-0.3, -0.25) is 9.69 Å². The molecule has 0 radical (unpaired) electrons. The van der Waals surface area contributed by atoms with E-state index in [2.05, 4.69) is 42.1 Å². The van der Waals surface area contributed by atoms with Crippen molar-refractivity contribution < 1.29 is 4.79 Å². The quantitative estimate of drug-likeness (QED) is 0.849. The summed E-state index contributed by atoms with van der Waals surface area (Å²) in [5.41, 5.74) is 6.59. The van der Waals surface area contributed by atoms with Crippen LogP contribution in [0.1, 0.15) is 6.42 Å². The Morgan fingerprint density at radius 1 is 1.50 bits per heavy atom. The highest BCUT2D eigenvalue weighted by molar-refractivity contribution is 9.11. The zero-order valence-corrected chi connectivity index (χ0v) is 13.0. The number of hydrogen-bond donors (Lipinski definition) is 2. The Kier molecular flexibility index (Phi) is 4.77. The average Bonchev–Trinajstić information content (AvgIpc) is 2.68. The van der Waals surface area contributed by atoms with E-state index in [1.807, 2.05) is 18.2 Å². The number of nitrogens with one attached hydrogen (secondary N) is 1. The van der Waals surface area contributed by atoms with Crippen molar-refractivity contribution in [3.8, 4) is 0 Å². The first kappa shape index (κ1) is 14.0. The summed E-state index contributed by atoms with van der Waals surface area (Å²) in [5, 5.41) is 2.89. The number of likely N-dealkylation sites (tertiary alicyclic amines) is 1. The van der Waals surface area contributed by atoms with Gasteiger partial charge >= 0.3 is 0 Å². The van der Waals surface area contributed by atoms with Gasteiger partial charge in [-0.15, -0.1) is 0 Å². The molecular weight excluding hydrogens is 362 g/mol. The molecule has 1 aliphatic rings. The maximum Gasteiger partial charge on any atom is 0.238 e. The van der Waals surface area contributed by atoms with E-state index in [0.29, 0.717) is 6.54 Å². The number of halogens is 2. The number of hydrogen-bond acceptors (Lipinski definition) is 3. The van der Waals surface area contributed by atoms with Crippen molar-refractivity contribution in [2.75, 3.05) is 25.0 Å². The average molecular weight is 377 g/mol. The first-order valence-corrected chi connectivity index (χ1v) is 7.36. The van der Waals surface area contributed by atoms with Crippen LogP contribution in [-0.2, 0) is 4.79 Å². The second kappa shape index (κ2) is 6.14. The molecule has 0 aliphatic carbocycles. The Morgan fingerprint density at radius 3 is 2.89 bits per heavy atom. The summed E-state index contributed by atoms with van der Waals surface area (Å²) in [4.78, 5) is 14.0. The van der Waals surface area contributed by atoms with Gasteiger partial charge in [0, 0.05) is 28.1 Å². The van der Waals surface area contributed by atoms with Crippen LogP contribution in [0.4, 0.5) is 5.69 Å². The topological polar surface area (TPSA) is 58.4 Å². The van der Waals surface area contributed by atoms with Gasteiger partial charge in [-0.2, -0.15) is 0 Å². The minimum absolute atomic E-state index is 0.00729.